The summed E-state index contributed by atoms with van der Waals surface area (Å²) in [6.07, 6.45) is -1.53. The van der Waals surface area contributed by atoms with E-state index in [1.165, 1.54) is 13.2 Å². The van der Waals surface area contributed by atoms with Crippen LogP contribution < -0.4 is 20.9 Å². The first-order valence-electron chi connectivity index (χ1n) is 7.16. The summed E-state index contributed by atoms with van der Waals surface area (Å²) in [4.78, 5) is 25.1. The maximum absolute atomic E-state index is 13.3. The molecule has 1 aromatic carbocycles. The van der Waals surface area contributed by atoms with Crippen molar-refractivity contribution in [1.82, 2.24) is 4.98 Å². The summed E-state index contributed by atoms with van der Waals surface area (Å²) in [5.74, 6) is 2.05. The van der Waals surface area contributed by atoms with Crippen molar-refractivity contribution in [1.29, 1.82) is 0 Å². The number of rotatable bonds is 4. The Labute approximate surface area is 151 Å². The molecule has 0 saturated heterocycles. The molecule has 2 rings (SSSR count). The number of aromatic nitrogens is 1. The summed E-state index contributed by atoms with van der Waals surface area (Å²) >= 11 is 0. The van der Waals surface area contributed by atoms with Crippen LogP contribution in [0.4, 0.5) is 25.0 Å². The van der Waals surface area contributed by atoms with E-state index in [1.54, 1.807) is 0 Å². The van der Waals surface area contributed by atoms with Crippen molar-refractivity contribution in [2.45, 2.75) is 6.42 Å². The van der Waals surface area contributed by atoms with Crippen LogP contribution in [0.15, 0.2) is 18.2 Å². The first-order valence-corrected chi connectivity index (χ1v) is 7.16. The highest BCUT2D eigenvalue weighted by atomic mass is 19.2. The Kier molecular flexibility index (Phi) is 5.71. The topological polar surface area (TPSA) is 144 Å². The fraction of sp³-hybridized carbons (Fsp3) is 0.125. The molecular weight excluding hydrogens is 366 g/mol. The van der Waals surface area contributed by atoms with Crippen molar-refractivity contribution >= 4 is 17.5 Å². The van der Waals surface area contributed by atoms with Crippen molar-refractivity contribution in [2.75, 3.05) is 12.8 Å². The zero-order valence-electron chi connectivity index (χ0n) is 13.8. The van der Waals surface area contributed by atoms with Gasteiger partial charge >= 0.3 is 17.7 Å². The minimum absolute atomic E-state index is 0.00300. The molecule has 0 radical (unpaired) electrons. The van der Waals surface area contributed by atoms with Gasteiger partial charge in [-0.2, -0.15) is 4.98 Å². The van der Waals surface area contributed by atoms with Gasteiger partial charge in [0.2, 0.25) is 5.88 Å². The number of methoxy groups -OCH3 is 1. The van der Waals surface area contributed by atoms with Crippen molar-refractivity contribution in [3.05, 3.63) is 51.1 Å². The number of hydrogen-bond donors (Lipinski definition) is 2. The number of primary amides is 1. The molecule has 9 nitrogen and oxygen atoms in total. The summed E-state index contributed by atoms with van der Waals surface area (Å²) in [5.41, 5.74) is 9.70. The van der Waals surface area contributed by atoms with Crippen LogP contribution in [0.3, 0.4) is 0 Å². The summed E-state index contributed by atoms with van der Waals surface area (Å²) in [7, 11) is 1.25. The van der Waals surface area contributed by atoms with Crippen LogP contribution in [0.5, 0.6) is 11.8 Å². The van der Waals surface area contributed by atoms with Crippen LogP contribution in [-0.4, -0.2) is 23.1 Å². The lowest BCUT2D eigenvalue weighted by Crippen LogP contribution is -2.18. The third kappa shape index (κ3) is 4.57. The molecule has 0 bridgehead atoms. The number of halogens is 2. The fourth-order valence-corrected chi connectivity index (χ4v) is 2.05. The first-order chi connectivity index (χ1) is 12.7. The maximum atomic E-state index is 13.3. The average molecular weight is 378 g/mol. The average Bonchev–Trinajstić information content (AvgIpc) is 2.58. The Morgan fingerprint density at radius 2 is 2.00 bits per heavy atom. The molecule has 27 heavy (non-hydrogen) atoms. The molecule has 11 heteroatoms. The molecule has 0 aliphatic heterocycles. The zero-order chi connectivity index (χ0) is 20.1. The molecule has 2 aromatic rings. The Bertz CT molecular complexity index is 985. The van der Waals surface area contributed by atoms with Gasteiger partial charge in [-0.1, -0.05) is 11.8 Å². The molecule has 0 atom stereocenters. The van der Waals surface area contributed by atoms with E-state index in [0.717, 1.165) is 12.1 Å². The smallest absolute Gasteiger partial charge is 0.411 e. The third-order valence-corrected chi connectivity index (χ3v) is 3.20. The molecule has 4 N–H and O–H groups in total. The Morgan fingerprint density at radius 3 is 2.59 bits per heavy atom. The Balaban J connectivity index is 2.46. The quantitative estimate of drug-likeness (QED) is 0.358. The van der Waals surface area contributed by atoms with Gasteiger partial charge < -0.3 is 20.9 Å². The largest absolute Gasteiger partial charge is 0.481 e. The van der Waals surface area contributed by atoms with Crippen molar-refractivity contribution in [2.24, 2.45) is 5.73 Å². The van der Waals surface area contributed by atoms with Crippen LogP contribution in [0.1, 0.15) is 11.1 Å². The molecule has 0 fully saturated rings. The molecule has 0 aliphatic carbocycles. The molecule has 0 aliphatic rings. The van der Waals surface area contributed by atoms with E-state index in [9.17, 15) is 23.7 Å². The van der Waals surface area contributed by atoms with Crippen LogP contribution in [-0.2, 0) is 6.42 Å². The number of carbonyl (C=O) groups excluding carboxylic acids is 1. The van der Waals surface area contributed by atoms with Gasteiger partial charge in [-0.15, -0.1) is 0 Å². The second-order valence-corrected chi connectivity index (χ2v) is 4.99. The van der Waals surface area contributed by atoms with Crippen LogP contribution >= 0.6 is 0 Å². The van der Waals surface area contributed by atoms with E-state index in [4.69, 9.17) is 16.2 Å². The van der Waals surface area contributed by atoms with E-state index in [1.807, 2.05) is 0 Å². The standard InChI is InChI=1S/C16H12F2N4O5/c1-26-13-6-9(14(22(24)25)15(21-13)27-16(20)23)4-2-3-8-5-10(17)11(18)7-12(8)19/h5-7H,4,19H2,1H3,(H2,20,23). The highest BCUT2D eigenvalue weighted by Crippen LogP contribution is 2.32. The highest BCUT2D eigenvalue weighted by Gasteiger charge is 2.26. The molecule has 1 amide bonds. The van der Waals surface area contributed by atoms with Crippen LogP contribution in [0, 0.1) is 33.6 Å². The van der Waals surface area contributed by atoms with E-state index in [-0.39, 0.29) is 29.1 Å². The molecule has 140 valence electrons. The predicted molar refractivity (Wildman–Crippen MR) is 89.0 cm³/mol. The van der Waals surface area contributed by atoms with Gasteiger partial charge in [-0.05, 0) is 6.07 Å². The van der Waals surface area contributed by atoms with E-state index >= 15 is 0 Å². The molecule has 1 heterocycles. The van der Waals surface area contributed by atoms with Gasteiger partial charge in [0, 0.05) is 18.6 Å². The van der Waals surface area contributed by atoms with E-state index in [0.29, 0.717) is 0 Å². The Hall–Kier alpha value is -3.94. The zero-order valence-corrected chi connectivity index (χ0v) is 13.8. The number of amides is 1. The molecule has 0 unspecified atom stereocenters. The van der Waals surface area contributed by atoms with Crippen LogP contribution in [0.2, 0.25) is 0 Å². The number of nitrogens with two attached hydrogens (primary N) is 2. The predicted octanol–water partition coefficient (Wildman–Crippen LogP) is 1.91. The number of nitrogen functional groups attached to an aromatic ring is 1. The van der Waals surface area contributed by atoms with Gasteiger partial charge in [0.25, 0.3) is 0 Å². The van der Waals surface area contributed by atoms with Gasteiger partial charge in [-0.3, -0.25) is 10.1 Å². The summed E-state index contributed by atoms with van der Waals surface area (Å²) in [5, 5.41) is 11.3. The minimum Gasteiger partial charge on any atom is -0.481 e. The molecule has 0 saturated carbocycles. The number of carbonyl (C=O) groups is 1. The van der Waals surface area contributed by atoms with E-state index in [2.05, 4.69) is 21.6 Å². The Morgan fingerprint density at radius 1 is 1.33 bits per heavy atom. The number of nitrogens with zero attached hydrogens (tertiary/aromatic N) is 2. The monoisotopic (exact) mass is 378 g/mol. The minimum atomic E-state index is -1.30. The van der Waals surface area contributed by atoms with Gasteiger partial charge in [0.05, 0.1) is 28.8 Å². The molecule has 0 spiro atoms. The number of nitro groups is 1. The third-order valence-electron chi connectivity index (χ3n) is 3.20. The highest BCUT2D eigenvalue weighted by molar-refractivity contribution is 5.70. The number of benzene rings is 1. The number of hydrogen-bond acceptors (Lipinski definition) is 7. The lowest BCUT2D eigenvalue weighted by atomic mass is 10.1. The normalized spacial score (nSPS) is 9.89. The van der Waals surface area contributed by atoms with Gasteiger partial charge in [0.1, 0.15) is 0 Å². The van der Waals surface area contributed by atoms with E-state index < -0.39 is 34.2 Å². The SMILES string of the molecule is COc1cc(CC#Cc2cc(F)c(F)cc2N)c([N+](=O)[O-])c(OC(N)=O)n1. The second-order valence-electron chi connectivity index (χ2n) is 4.99. The molecular formula is C16H12F2N4O5. The number of ether oxygens (including phenoxy) is 2. The van der Waals surface area contributed by atoms with Crippen molar-refractivity contribution in [3.63, 3.8) is 0 Å². The number of pyridine rings is 1. The van der Waals surface area contributed by atoms with Gasteiger partial charge in [-0.25, -0.2) is 13.6 Å². The van der Waals surface area contributed by atoms with Crippen LogP contribution in [0.25, 0.3) is 0 Å². The summed E-state index contributed by atoms with van der Waals surface area (Å²) in [6.45, 7) is 0. The fourth-order valence-electron chi connectivity index (χ4n) is 2.05. The maximum Gasteiger partial charge on any atom is 0.411 e. The first kappa shape index (κ1) is 19.4. The summed E-state index contributed by atoms with van der Waals surface area (Å²) < 4.78 is 35.8. The van der Waals surface area contributed by atoms with Crippen molar-refractivity contribution < 1.29 is 28.0 Å². The van der Waals surface area contributed by atoms with Crippen molar-refractivity contribution in [3.8, 4) is 23.6 Å². The van der Waals surface area contributed by atoms with Gasteiger partial charge in [0.15, 0.2) is 11.6 Å². The lowest BCUT2D eigenvalue weighted by molar-refractivity contribution is -0.386. The number of anilines is 1. The lowest BCUT2D eigenvalue weighted by Gasteiger charge is -2.07. The molecule has 1 aromatic heterocycles. The second kappa shape index (κ2) is 7.96. The summed E-state index contributed by atoms with van der Waals surface area (Å²) in [6, 6.07) is 2.80.